The fourth-order valence-electron chi connectivity index (χ4n) is 1.58. The van der Waals surface area contributed by atoms with Gasteiger partial charge >= 0.3 is 0 Å². The van der Waals surface area contributed by atoms with Gasteiger partial charge in [0.2, 0.25) is 0 Å². The van der Waals surface area contributed by atoms with Crippen molar-refractivity contribution in [3.8, 4) is 6.07 Å². The van der Waals surface area contributed by atoms with E-state index in [4.69, 9.17) is 5.26 Å². The van der Waals surface area contributed by atoms with Crippen molar-refractivity contribution in [3.63, 3.8) is 0 Å². The summed E-state index contributed by atoms with van der Waals surface area (Å²) in [6, 6.07) is 2.80. The average molecular weight is 180 g/mol. The van der Waals surface area contributed by atoms with Crippen molar-refractivity contribution in [1.82, 2.24) is 4.90 Å². The molecule has 0 amide bonds. The van der Waals surface area contributed by atoms with Crippen LogP contribution in [0.3, 0.4) is 0 Å². The monoisotopic (exact) mass is 180 g/mol. The van der Waals surface area contributed by atoms with Crippen LogP contribution in [0.25, 0.3) is 0 Å². The second-order valence-corrected chi connectivity index (χ2v) is 4.27. The van der Waals surface area contributed by atoms with Gasteiger partial charge in [0.05, 0.1) is 6.07 Å². The molecule has 1 saturated carbocycles. The maximum Gasteiger partial charge on any atom is 0.0635 e. The fourth-order valence-corrected chi connectivity index (χ4v) is 1.58. The van der Waals surface area contributed by atoms with Gasteiger partial charge < -0.3 is 0 Å². The smallest absolute Gasteiger partial charge is 0.0635 e. The summed E-state index contributed by atoms with van der Waals surface area (Å²) >= 11 is 0. The van der Waals surface area contributed by atoms with E-state index in [2.05, 4.69) is 24.8 Å². The van der Waals surface area contributed by atoms with Crippen LogP contribution in [0, 0.1) is 17.2 Å². The van der Waals surface area contributed by atoms with Crippen LogP contribution in [0.15, 0.2) is 0 Å². The summed E-state index contributed by atoms with van der Waals surface area (Å²) < 4.78 is 0. The highest BCUT2D eigenvalue weighted by molar-refractivity contribution is 4.78. The van der Waals surface area contributed by atoms with Gasteiger partial charge in [0.25, 0.3) is 0 Å². The minimum Gasteiger partial charge on any atom is -0.300 e. The van der Waals surface area contributed by atoms with Gasteiger partial charge in [-0.05, 0) is 32.7 Å². The molecule has 1 fully saturated rings. The number of hydrogen-bond donors (Lipinski definition) is 0. The van der Waals surface area contributed by atoms with Crippen molar-refractivity contribution in [2.45, 2.75) is 45.6 Å². The molecule has 0 heterocycles. The molecule has 0 aliphatic heterocycles. The van der Waals surface area contributed by atoms with Crippen LogP contribution >= 0.6 is 0 Å². The molecule has 0 aromatic rings. The van der Waals surface area contributed by atoms with Crippen molar-refractivity contribution < 1.29 is 0 Å². The van der Waals surface area contributed by atoms with Crippen LogP contribution in [0.4, 0.5) is 0 Å². The van der Waals surface area contributed by atoms with E-state index in [1.807, 2.05) is 0 Å². The molecule has 2 nitrogen and oxygen atoms in total. The summed E-state index contributed by atoms with van der Waals surface area (Å²) in [5.74, 6) is 1.00. The fraction of sp³-hybridized carbons (Fsp3) is 0.909. The van der Waals surface area contributed by atoms with Crippen molar-refractivity contribution >= 4 is 0 Å². The molecule has 13 heavy (non-hydrogen) atoms. The molecule has 0 N–H and O–H groups in total. The zero-order chi connectivity index (χ0) is 9.68. The Hall–Kier alpha value is -0.550. The van der Waals surface area contributed by atoms with Gasteiger partial charge in [0, 0.05) is 19.0 Å². The van der Waals surface area contributed by atoms with Crippen LogP contribution in [0.1, 0.15) is 39.5 Å². The molecule has 0 unspecified atom stereocenters. The topological polar surface area (TPSA) is 27.0 Å². The highest BCUT2D eigenvalue weighted by atomic mass is 15.1. The predicted molar refractivity (Wildman–Crippen MR) is 54.3 cm³/mol. The highest BCUT2D eigenvalue weighted by Crippen LogP contribution is 2.32. The minimum absolute atomic E-state index is 0.590. The first-order valence-corrected chi connectivity index (χ1v) is 5.35. The Morgan fingerprint density at radius 1 is 1.38 bits per heavy atom. The molecule has 2 heteroatoms. The lowest BCUT2D eigenvalue weighted by Crippen LogP contribution is -2.32. The van der Waals surface area contributed by atoms with E-state index >= 15 is 0 Å². The molecule has 0 aromatic carbocycles. The third kappa shape index (κ3) is 4.28. The van der Waals surface area contributed by atoms with Gasteiger partial charge in [-0.1, -0.05) is 12.8 Å². The van der Waals surface area contributed by atoms with E-state index in [9.17, 15) is 0 Å². The largest absolute Gasteiger partial charge is 0.300 e. The Labute approximate surface area is 81.5 Å². The Balaban J connectivity index is 2.16. The Kier molecular flexibility index (Phi) is 4.24. The van der Waals surface area contributed by atoms with Crippen molar-refractivity contribution in [3.05, 3.63) is 0 Å². The van der Waals surface area contributed by atoms with Gasteiger partial charge in [-0.15, -0.1) is 0 Å². The van der Waals surface area contributed by atoms with Crippen LogP contribution < -0.4 is 0 Å². The summed E-state index contributed by atoms with van der Waals surface area (Å²) in [5, 5.41) is 8.51. The molecule has 1 rings (SSSR count). The van der Waals surface area contributed by atoms with Gasteiger partial charge in [-0.25, -0.2) is 0 Å². The van der Waals surface area contributed by atoms with E-state index < -0.39 is 0 Å². The van der Waals surface area contributed by atoms with Crippen molar-refractivity contribution in [2.75, 3.05) is 13.1 Å². The molecule has 1 aliphatic rings. The maximum atomic E-state index is 8.51. The Morgan fingerprint density at radius 3 is 2.54 bits per heavy atom. The van der Waals surface area contributed by atoms with Gasteiger partial charge in [-0.3, -0.25) is 4.90 Å². The van der Waals surface area contributed by atoms with Crippen molar-refractivity contribution in [2.24, 2.45) is 5.92 Å². The normalized spacial score (nSPS) is 16.5. The van der Waals surface area contributed by atoms with E-state index in [0.29, 0.717) is 12.5 Å². The van der Waals surface area contributed by atoms with E-state index in [0.717, 1.165) is 12.5 Å². The number of nitriles is 1. The zero-order valence-corrected chi connectivity index (χ0v) is 8.79. The number of hydrogen-bond acceptors (Lipinski definition) is 2. The molecule has 0 radical (unpaired) electrons. The Bertz CT molecular complexity index is 177. The van der Waals surface area contributed by atoms with E-state index in [1.54, 1.807) is 0 Å². The van der Waals surface area contributed by atoms with E-state index in [1.165, 1.54) is 25.8 Å². The van der Waals surface area contributed by atoms with Crippen LogP contribution in [-0.4, -0.2) is 24.0 Å². The molecule has 0 saturated heterocycles. The summed E-state index contributed by atoms with van der Waals surface area (Å²) in [6.07, 6.45) is 4.88. The van der Waals surface area contributed by atoms with Gasteiger partial charge in [0.1, 0.15) is 0 Å². The molecule has 0 atom stereocenters. The van der Waals surface area contributed by atoms with Gasteiger partial charge in [0.15, 0.2) is 0 Å². The lowest BCUT2D eigenvalue weighted by Gasteiger charge is -2.25. The lowest BCUT2D eigenvalue weighted by atomic mass is 10.2. The molecular weight excluding hydrogens is 160 g/mol. The molecule has 0 spiro atoms. The SMILES string of the molecule is CC(C)N(CCC#N)CCC1CC1. The first kappa shape index (κ1) is 10.5. The van der Waals surface area contributed by atoms with E-state index in [-0.39, 0.29) is 0 Å². The molecule has 0 aromatic heterocycles. The Morgan fingerprint density at radius 2 is 2.08 bits per heavy atom. The maximum absolute atomic E-state index is 8.51. The van der Waals surface area contributed by atoms with Crippen LogP contribution in [0.2, 0.25) is 0 Å². The first-order chi connectivity index (χ1) is 6.24. The molecule has 0 bridgehead atoms. The second-order valence-electron chi connectivity index (χ2n) is 4.27. The number of nitrogens with zero attached hydrogens (tertiary/aromatic N) is 2. The summed E-state index contributed by atoms with van der Waals surface area (Å²) in [6.45, 7) is 6.56. The van der Waals surface area contributed by atoms with Crippen LogP contribution in [-0.2, 0) is 0 Å². The minimum atomic E-state index is 0.590. The first-order valence-electron chi connectivity index (χ1n) is 5.35. The summed E-state index contributed by atoms with van der Waals surface area (Å²) in [4.78, 5) is 2.42. The molecule has 74 valence electrons. The standard InChI is InChI=1S/C11H20N2/c1-10(2)13(8-3-7-12)9-6-11-4-5-11/h10-11H,3-6,8-9H2,1-2H3. The summed E-state index contributed by atoms with van der Waals surface area (Å²) in [5.41, 5.74) is 0. The average Bonchev–Trinajstić information content (AvgIpc) is 2.87. The quantitative estimate of drug-likeness (QED) is 0.627. The van der Waals surface area contributed by atoms with Crippen molar-refractivity contribution in [1.29, 1.82) is 5.26 Å². The number of rotatable bonds is 6. The van der Waals surface area contributed by atoms with Crippen LogP contribution in [0.5, 0.6) is 0 Å². The second kappa shape index (κ2) is 5.24. The third-order valence-electron chi connectivity index (χ3n) is 2.76. The molecular formula is C11H20N2. The van der Waals surface area contributed by atoms with Gasteiger partial charge in [-0.2, -0.15) is 5.26 Å². The molecule has 1 aliphatic carbocycles. The zero-order valence-electron chi connectivity index (χ0n) is 8.79. The lowest BCUT2D eigenvalue weighted by molar-refractivity contribution is 0.220. The summed E-state index contributed by atoms with van der Waals surface area (Å²) in [7, 11) is 0. The highest BCUT2D eigenvalue weighted by Gasteiger charge is 2.22. The predicted octanol–water partition coefficient (Wildman–Crippen LogP) is 2.41. The third-order valence-corrected chi connectivity index (χ3v) is 2.76.